The van der Waals surface area contributed by atoms with Gasteiger partial charge in [-0.25, -0.2) is 0 Å². The summed E-state index contributed by atoms with van der Waals surface area (Å²) < 4.78 is 0. The van der Waals surface area contributed by atoms with Gasteiger partial charge in [0, 0.05) is 6.42 Å². The molecule has 0 radical (unpaired) electrons. The van der Waals surface area contributed by atoms with Gasteiger partial charge >= 0.3 is 5.97 Å². The van der Waals surface area contributed by atoms with Crippen LogP contribution in [0.4, 0.5) is 0 Å². The zero-order valence-electron chi connectivity index (χ0n) is 17.8. The molecule has 0 heterocycles. The van der Waals surface area contributed by atoms with Crippen LogP contribution in [0.5, 0.6) is 0 Å². The standard InChI is InChI=1S/C28H32O2/c29-26(30)14-9-7-5-3-1-2-4-6-8-11-21-15-16-24-18-17-22-12-10-13-23-19-20-25(21)28(24)27(22)23/h10,12-13,15-20H,1-9,11,14H2,(H,29,30). The van der Waals surface area contributed by atoms with Crippen molar-refractivity contribution in [2.75, 3.05) is 0 Å². The first kappa shape index (κ1) is 20.7. The van der Waals surface area contributed by atoms with Crippen LogP contribution >= 0.6 is 0 Å². The number of benzene rings is 4. The summed E-state index contributed by atoms with van der Waals surface area (Å²) in [6, 6.07) is 20.3. The highest BCUT2D eigenvalue weighted by molar-refractivity contribution is 6.23. The molecule has 4 aromatic carbocycles. The van der Waals surface area contributed by atoms with E-state index >= 15 is 0 Å². The summed E-state index contributed by atoms with van der Waals surface area (Å²) in [5.41, 5.74) is 1.49. The van der Waals surface area contributed by atoms with Crippen LogP contribution in [0.15, 0.2) is 54.6 Å². The molecular formula is C28H32O2. The number of carboxylic acids is 1. The molecule has 0 spiro atoms. The van der Waals surface area contributed by atoms with Crippen LogP contribution in [-0.4, -0.2) is 11.1 Å². The molecule has 0 saturated heterocycles. The maximum Gasteiger partial charge on any atom is 0.303 e. The molecule has 0 amide bonds. The van der Waals surface area contributed by atoms with Crippen LogP contribution in [0.2, 0.25) is 0 Å². The maximum atomic E-state index is 10.5. The van der Waals surface area contributed by atoms with E-state index in [1.165, 1.54) is 82.8 Å². The lowest BCUT2D eigenvalue weighted by atomic mass is 9.90. The first-order valence-electron chi connectivity index (χ1n) is 11.6. The average molecular weight is 401 g/mol. The first-order chi connectivity index (χ1) is 14.7. The minimum Gasteiger partial charge on any atom is -0.481 e. The van der Waals surface area contributed by atoms with Gasteiger partial charge in [0.05, 0.1) is 0 Å². The van der Waals surface area contributed by atoms with Gasteiger partial charge in [0.15, 0.2) is 0 Å². The van der Waals surface area contributed by atoms with Crippen LogP contribution in [0, 0.1) is 0 Å². The number of rotatable bonds is 12. The topological polar surface area (TPSA) is 37.3 Å². The zero-order valence-corrected chi connectivity index (χ0v) is 17.8. The van der Waals surface area contributed by atoms with Crippen LogP contribution in [-0.2, 0) is 11.2 Å². The van der Waals surface area contributed by atoms with Crippen LogP contribution in [0.25, 0.3) is 32.3 Å². The molecule has 0 atom stereocenters. The second kappa shape index (κ2) is 9.93. The lowest BCUT2D eigenvalue weighted by Gasteiger charge is -2.14. The Kier molecular flexibility index (Phi) is 6.84. The van der Waals surface area contributed by atoms with E-state index in [-0.39, 0.29) is 0 Å². The molecule has 0 fully saturated rings. The van der Waals surface area contributed by atoms with Gasteiger partial charge in [0.25, 0.3) is 0 Å². The Morgan fingerprint density at radius 3 is 1.80 bits per heavy atom. The molecule has 0 aliphatic rings. The normalized spacial score (nSPS) is 11.7. The molecule has 0 unspecified atom stereocenters. The molecule has 0 aromatic heterocycles. The fourth-order valence-corrected chi connectivity index (χ4v) is 4.84. The van der Waals surface area contributed by atoms with Crippen molar-refractivity contribution in [3.63, 3.8) is 0 Å². The van der Waals surface area contributed by atoms with E-state index in [9.17, 15) is 4.79 Å². The van der Waals surface area contributed by atoms with Crippen molar-refractivity contribution in [2.45, 2.75) is 70.6 Å². The highest BCUT2D eigenvalue weighted by Gasteiger charge is 2.10. The first-order valence-corrected chi connectivity index (χ1v) is 11.6. The summed E-state index contributed by atoms with van der Waals surface area (Å²) >= 11 is 0. The van der Waals surface area contributed by atoms with Crippen molar-refractivity contribution in [1.82, 2.24) is 0 Å². The van der Waals surface area contributed by atoms with Crippen molar-refractivity contribution < 1.29 is 9.90 Å². The Morgan fingerprint density at radius 2 is 1.13 bits per heavy atom. The Bertz CT molecular complexity index is 1100. The van der Waals surface area contributed by atoms with Gasteiger partial charge in [-0.1, -0.05) is 99.5 Å². The zero-order chi connectivity index (χ0) is 20.8. The summed E-state index contributed by atoms with van der Waals surface area (Å²) in [5, 5.41) is 17.0. The third-order valence-electron chi connectivity index (χ3n) is 6.46. The van der Waals surface area contributed by atoms with Crippen molar-refractivity contribution in [3.05, 3.63) is 60.2 Å². The van der Waals surface area contributed by atoms with Gasteiger partial charge < -0.3 is 5.11 Å². The fourth-order valence-electron chi connectivity index (χ4n) is 4.84. The fraction of sp³-hybridized carbons (Fsp3) is 0.393. The summed E-state index contributed by atoms with van der Waals surface area (Å²) in [6.07, 6.45) is 12.2. The number of carbonyl (C=O) groups is 1. The number of aliphatic carboxylic acids is 1. The number of aryl methyl sites for hydroxylation is 1. The molecule has 4 aromatic rings. The second-order valence-corrected chi connectivity index (χ2v) is 8.66. The van der Waals surface area contributed by atoms with Crippen molar-refractivity contribution >= 4 is 38.3 Å². The Morgan fingerprint density at radius 1 is 0.600 bits per heavy atom. The van der Waals surface area contributed by atoms with Crippen molar-refractivity contribution in [2.24, 2.45) is 0 Å². The predicted octanol–water partition coefficient (Wildman–Crippen LogP) is 8.11. The van der Waals surface area contributed by atoms with E-state index in [1.54, 1.807) is 0 Å². The molecule has 0 saturated carbocycles. The molecule has 0 bridgehead atoms. The summed E-state index contributed by atoms with van der Waals surface area (Å²) in [7, 11) is 0. The van der Waals surface area contributed by atoms with Crippen LogP contribution < -0.4 is 0 Å². The highest BCUT2D eigenvalue weighted by atomic mass is 16.4. The molecule has 0 aliphatic heterocycles. The van der Waals surface area contributed by atoms with Crippen molar-refractivity contribution in [1.29, 1.82) is 0 Å². The molecular weight excluding hydrogens is 368 g/mol. The highest BCUT2D eigenvalue weighted by Crippen LogP contribution is 2.36. The van der Waals surface area contributed by atoms with Crippen LogP contribution in [0.3, 0.4) is 0 Å². The third-order valence-corrected chi connectivity index (χ3v) is 6.46. The Labute approximate surface area is 179 Å². The molecule has 0 aliphatic carbocycles. The van der Waals surface area contributed by atoms with Gasteiger partial charge in [-0.2, -0.15) is 0 Å². The van der Waals surface area contributed by atoms with Gasteiger partial charge in [-0.05, 0) is 57.1 Å². The minimum atomic E-state index is -0.667. The number of hydrogen-bond acceptors (Lipinski definition) is 1. The molecule has 1 N–H and O–H groups in total. The van der Waals surface area contributed by atoms with E-state index in [0.717, 1.165) is 19.3 Å². The van der Waals surface area contributed by atoms with Crippen LogP contribution in [0.1, 0.15) is 69.8 Å². The SMILES string of the molecule is O=C(O)CCCCCCCCCCCc1ccc2ccc3cccc4ccc1c2c34. The number of carboxylic acid groups (broad SMARTS) is 1. The van der Waals surface area contributed by atoms with Gasteiger partial charge in [-0.3, -0.25) is 4.79 Å². The molecule has 2 heteroatoms. The summed E-state index contributed by atoms with van der Waals surface area (Å²) in [5.74, 6) is -0.667. The quantitative estimate of drug-likeness (QED) is 0.193. The smallest absolute Gasteiger partial charge is 0.303 e. The number of hydrogen-bond donors (Lipinski definition) is 1. The molecule has 30 heavy (non-hydrogen) atoms. The third kappa shape index (κ3) is 4.75. The van der Waals surface area contributed by atoms with E-state index in [2.05, 4.69) is 54.6 Å². The molecule has 4 rings (SSSR count). The monoisotopic (exact) mass is 400 g/mol. The Balaban J connectivity index is 1.26. The largest absolute Gasteiger partial charge is 0.481 e. The predicted molar refractivity (Wildman–Crippen MR) is 128 cm³/mol. The lowest BCUT2D eigenvalue weighted by Crippen LogP contribution is -1.93. The van der Waals surface area contributed by atoms with Gasteiger partial charge in [-0.15, -0.1) is 0 Å². The Hall–Kier alpha value is -2.61. The van der Waals surface area contributed by atoms with E-state index < -0.39 is 5.97 Å². The molecule has 156 valence electrons. The van der Waals surface area contributed by atoms with E-state index in [4.69, 9.17) is 5.11 Å². The second-order valence-electron chi connectivity index (χ2n) is 8.66. The maximum absolute atomic E-state index is 10.5. The van der Waals surface area contributed by atoms with Crippen molar-refractivity contribution in [3.8, 4) is 0 Å². The summed E-state index contributed by atoms with van der Waals surface area (Å²) in [6.45, 7) is 0. The lowest BCUT2D eigenvalue weighted by molar-refractivity contribution is -0.137. The minimum absolute atomic E-state index is 0.322. The number of unbranched alkanes of at least 4 members (excludes halogenated alkanes) is 8. The van der Waals surface area contributed by atoms with Gasteiger partial charge in [0.1, 0.15) is 0 Å². The van der Waals surface area contributed by atoms with Gasteiger partial charge in [0.2, 0.25) is 0 Å². The molecule has 2 nitrogen and oxygen atoms in total. The van der Waals surface area contributed by atoms with E-state index in [0.29, 0.717) is 6.42 Å². The van der Waals surface area contributed by atoms with E-state index in [1.807, 2.05) is 0 Å². The summed E-state index contributed by atoms with van der Waals surface area (Å²) in [4.78, 5) is 10.5. The average Bonchev–Trinajstić information content (AvgIpc) is 2.76.